The number of rotatable bonds is 5. The summed E-state index contributed by atoms with van der Waals surface area (Å²) in [5.74, 6) is 0.0254. The number of carbonyl (C=O) groups excluding carboxylic acids is 1. The Morgan fingerprint density at radius 2 is 1.65 bits per heavy atom. The van der Waals surface area contributed by atoms with E-state index in [0.29, 0.717) is 26.1 Å². The molecule has 1 N–H and O–H groups in total. The van der Waals surface area contributed by atoms with Crippen LogP contribution in [0.5, 0.6) is 0 Å². The third kappa shape index (κ3) is 4.92. The molecule has 7 heteroatoms. The first-order valence-electron chi connectivity index (χ1n) is 12.5. The van der Waals surface area contributed by atoms with Crippen molar-refractivity contribution >= 4 is 17.3 Å². The Morgan fingerprint density at radius 1 is 0.912 bits per heavy atom. The highest BCUT2D eigenvalue weighted by molar-refractivity contribution is 5.97. The lowest BCUT2D eigenvalue weighted by molar-refractivity contribution is 0.0103. The van der Waals surface area contributed by atoms with Gasteiger partial charge in [-0.15, -0.1) is 0 Å². The lowest BCUT2D eigenvalue weighted by atomic mass is 10.0. The summed E-state index contributed by atoms with van der Waals surface area (Å²) in [6.45, 7) is 10.5. The second-order valence-corrected chi connectivity index (χ2v) is 9.85. The molecule has 0 aromatic heterocycles. The van der Waals surface area contributed by atoms with Gasteiger partial charge in [0.25, 0.3) is 5.91 Å². The van der Waals surface area contributed by atoms with Crippen molar-refractivity contribution in [2.45, 2.75) is 18.9 Å². The molecule has 0 spiro atoms. The van der Waals surface area contributed by atoms with Crippen molar-refractivity contribution in [3.63, 3.8) is 0 Å². The van der Waals surface area contributed by atoms with E-state index in [4.69, 9.17) is 4.74 Å². The number of hydrogen-bond donors (Lipinski definition) is 1. The van der Waals surface area contributed by atoms with Crippen LogP contribution in [-0.4, -0.2) is 98.5 Å². The SMILES string of the molecule is Cc1c(C(=O)N2CC[C@@](O)(CN3CCN(c4ccccc4)CC3)C2)cccc1N1CCOCC1. The number of nitrogens with zero attached hydrogens (tertiary/aromatic N) is 4. The summed E-state index contributed by atoms with van der Waals surface area (Å²) >= 11 is 0. The Hall–Kier alpha value is -2.61. The van der Waals surface area contributed by atoms with Crippen molar-refractivity contribution in [1.82, 2.24) is 9.80 Å². The first kappa shape index (κ1) is 23.1. The van der Waals surface area contributed by atoms with Gasteiger partial charge in [-0.25, -0.2) is 0 Å². The van der Waals surface area contributed by atoms with E-state index in [9.17, 15) is 9.90 Å². The monoisotopic (exact) mass is 464 g/mol. The van der Waals surface area contributed by atoms with E-state index in [0.717, 1.165) is 69.3 Å². The van der Waals surface area contributed by atoms with Crippen LogP contribution in [0.15, 0.2) is 48.5 Å². The standard InChI is InChI=1S/C27H36N4O3/c1-22-24(8-5-9-25(22)30-16-18-34-19-17-30)26(32)31-11-10-27(33,21-31)20-28-12-14-29(15-13-28)23-6-3-2-4-7-23/h2-9,33H,10-21H2,1H3/t27-/m1/s1. The molecule has 0 radical (unpaired) electrons. The summed E-state index contributed by atoms with van der Waals surface area (Å²) in [6.07, 6.45) is 0.625. The maximum Gasteiger partial charge on any atom is 0.254 e. The predicted molar refractivity (Wildman–Crippen MR) is 135 cm³/mol. The number of piperazine rings is 1. The number of benzene rings is 2. The quantitative estimate of drug-likeness (QED) is 0.733. The van der Waals surface area contributed by atoms with Crippen LogP contribution in [0.3, 0.4) is 0 Å². The van der Waals surface area contributed by atoms with Crippen molar-refractivity contribution in [1.29, 1.82) is 0 Å². The Bertz CT molecular complexity index is 987. The van der Waals surface area contributed by atoms with Gasteiger partial charge < -0.3 is 24.5 Å². The number of morpholine rings is 1. The molecule has 2 aromatic carbocycles. The normalized spacial score (nSPS) is 24.0. The minimum absolute atomic E-state index is 0.0254. The minimum atomic E-state index is -0.847. The molecule has 3 aliphatic rings. The molecule has 0 unspecified atom stereocenters. The van der Waals surface area contributed by atoms with E-state index in [1.165, 1.54) is 5.69 Å². The van der Waals surface area contributed by atoms with Crippen LogP contribution in [0.25, 0.3) is 0 Å². The highest BCUT2D eigenvalue weighted by Gasteiger charge is 2.40. The molecule has 0 aliphatic carbocycles. The van der Waals surface area contributed by atoms with Gasteiger partial charge >= 0.3 is 0 Å². The lowest BCUT2D eigenvalue weighted by Crippen LogP contribution is -2.53. The molecule has 1 atom stereocenters. The topological polar surface area (TPSA) is 59.5 Å². The van der Waals surface area contributed by atoms with Gasteiger partial charge in [0.2, 0.25) is 0 Å². The molecule has 1 amide bonds. The minimum Gasteiger partial charge on any atom is -0.387 e. The van der Waals surface area contributed by atoms with E-state index in [1.54, 1.807) is 0 Å². The highest BCUT2D eigenvalue weighted by atomic mass is 16.5. The fraction of sp³-hybridized carbons (Fsp3) is 0.519. The summed E-state index contributed by atoms with van der Waals surface area (Å²) < 4.78 is 5.48. The number of amides is 1. The van der Waals surface area contributed by atoms with E-state index >= 15 is 0 Å². The smallest absolute Gasteiger partial charge is 0.254 e. The number of likely N-dealkylation sites (tertiary alicyclic amines) is 1. The van der Waals surface area contributed by atoms with Gasteiger partial charge in [-0.1, -0.05) is 24.3 Å². The first-order chi connectivity index (χ1) is 16.5. The first-order valence-corrected chi connectivity index (χ1v) is 12.5. The van der Waals surface area contributed by atoms with E-state index in [2.05, 4.69) is 45.0 Å². The number of hydrogen-bond acceptors (Lipinski definition) is 6. The van der Waals surface area contributed by atoms with Gasteiger partial charge in [0.05, 0.1) is 25.4 Å². The number of carbonyl (C=O) groups is 1. The largest absolute Gasteiger partial charge is 0.387 e. The van der Waals surface area contributed by atoms with Crippen molar-refractivity contribution in [2.75, 3.05) is 81.9 Å². The molecule has 182 valence electrons. The molecular weight excluding hydrogens is 428 g/mol. The summed E-state index contributed by atoms with van der Waals surface area (Å²) in [5, 5.41) is 11.3. The number of para-hydroxylation sites is 1. The maximum absolute atomic E-state index is 13.4. The third-order valence-corrected chi connectivity index (χ3v) is 7.52. The van der Waals surface area contributed by atoms with Crippen molar-refractivity contribution < 1.29 is 14.6 Å². The average molecular weight is 465 g/mol. The summed E-state index contributed by atoms with van der Waals surface area (Å²) in [6, 6.07) is 16.5. The lowest BCUT2D eigenvalue weighted by Gasteiger charge is -2.39. The van der Waals surface area contributed by atoms with Crippen LogP contribution >= 0.6 is 0 Å². The van der Waals surface area contributed by atoms with Gasteiger partial charge in [-0.3, -0.25) is 9.69 Å². The molecule has 3 fully saturated rings. The second-order valence-electron chi connectivity index (χ2n) is 9.85. The zero-order valence-corrected chi connectivity index (χ0v) is 20.2. The molecule has 3 heterocycles. The van der Waals surface area contributed by atoms with Gasteiger partial charge in [0, 0.05) is 69.3 Å². The molecule has 34 heavy (non-hydrogen) atoms. The second kappa shape index (κ2) is 9.94. The van der Waals surface area contributed by atoms with Crippen LogP contribution in [-0.2, 0) is 4.74 Å². The van der Waals surface area contributed by atoms with Crippen LogP contribution in [0.1, 0.15) is 22.3 Å². The van der Waals surface area contributed by atoms with Crippen molar-refractivity contribution in [2.24, 2.45) is 0 Å². The molecule has 0 saturated carbocycles. The van der Waals surface area contributed by atoms with Crippen LogP contribution in [0.2, 0.25) is 0 Å². The fourth-order valence-corrected chi connectivity index (χ4v) is 5.55. The predicted octanol–water partition coefficient (Wildman–Crippen LogP) is 2.23. The average Bonchev–Trinajstić information content (AvgIpc) is 3.27. The molecule has 3 aliphatic heterocycles. The highest BCUT2D eigenvalue weighted by Crippen LogP contribution is 2.29. The Kier molecular flexibility index (Phi) is 6.77. The molecule has 3 saturated heterocycles. The van der Waals surface area contributed by atoms with Crippen LogP contribution in [0.4, 0.5) is 11.4 Å². The van der Waals surface area contributed by atoms with Crippen LogP contribution < -0.4 is 9.80 Å². The summed E-state index contributed by atoms with van der Waals surface area (Å²) in [4.78, 5) is 22.3. The van der Waals surface area contributed by atoms with Crippen molar-refractivity contribution in [3.8, 4) is 0 Å². The summed E-state index contributed by atoms with van der Waals surface area (Å²) in [5.41, 5.74) is 3.28. The Balaban J connectivity index is 1.19. The zero-order chi connectivity index (χ0) is 23.5. The van der Waals surface area contributed by atoms with Gasteiger partial charge in [0.1, 0.15) is 0 Å². The number of aliphatic hydroxyl groups is 1. The molecule has 2 aromatic rings. The third-order valence-electron chi connectivity index (χ3n) is 7.52. The summed E-state index contributed by atoms with van der Waals surface area (Å²) in [7, 11) is 0. The fourth-order valence-electron chi connectivity index (χ4n) is 5.55. The molecule has 5 rings (SSSR count). The van der Waals surface area contributed by atoms with Gasteiger partial charge in [0.15, 0.2) is 0 Å². The van der Waals surface area contributed by atoms with E-state index < -0.39 is 5.60 Å². The maximum atomic E-state index is 13.4. The number of anilines is 2. The molecular formula is C27H36N4O3. The van der Waals surface area contributed by atoms with Crippen molar-refractivity contribution in [3.05, 3.63) is 59.7 Å². The Labute approximate surface area is 202 Å². The number of β-amino-alcohol motifs (C(OH)–C–C–N with tert-alkyl or cyclic N) is 1. The van der Waals surface area contributed by atoms with Gasteiger partial charge in [-0.05, 0) is 43.2 Å². The van der Waals surface area contributed by atoms with Crippen LogP contribution in [0, 0.1) is 6.92 Å². The number of ether oxygens (including phenoxy) is 1. The zero-order valence-electron chi connectivity index (χ0n) is 20.2. The molecule has 7 nitrogen and oxygen atoms in total. The Morgan fingerprint density at radius 3 is 2.38 bits per heavy atom. The molecule has 0 bridgehead atoms. The van der Waals surface area contributed by atoms with Gasteiger partial charge in [-0.2, -0.15) is 0 Å². The van der Waals surface area contributed by atoms with E-state index in [1.807, 2.05) is 30.0 Å². The van der Waals surface area contributed by atoms with E-state index in [-0.39, 0.29) is 5.91 Å².